The van der Waals surface area contributed by atoms with Crippen molar-refractivity contribution in [1.82, 2.24) is 13.9 Å². The van der Waals surface area contributed by atoms with E-state index in [4.69, 9.17) is 5.73 Å². The average Bonchev–Trinajstić information content (AvgIpc) is 2.60. The standard InChI is InChI=1S/C10H18N4O2S/c1-8-12-10(7-13(8)2)17(15,16)14-6-4-3-5-9(14)11/h7,9H,3-6,11H2,1-2H3. The zero-order valence-electron chi connectivity index (χ0n) is 10.1. The van der Waals surface area contributed by atoms with Crippen LogP contribution >= 0.6 is 0 Å². The van der Waals surface area contributed by atoms with Gasteiger partial charge in [0.2, 0.25) is 0 Å². The summed E-state index contributed by atoms with van der Waals surface area (Å²) in [6, 6.07) is 0. The van der Waals surface area contributed by atoms with E-state index >= 15 is 0 Å². The van der Waals surface area contributed by atoms with E-state index in [-0.39, 0.29) is 5.03 Å². The van der Waals surface area contributed by atoms with Crippen LogP contribution in [-0.4, -0.2) is 35.0 Å². The Hall–Kier alpha value is -0.920. The summed E-state index contributed by atoms with van der Waals surface area (Å²) in [6.07, 6.45) is 3.67. The molecule has 0 saturated carbocycles. The molecular weight excluding hydrogens is 240 g/mol. The maximum absolute atomic E-state index is 12.3. The van der Waals surface area contributed by atoms with Crippen molar-refractivity contribution in [3.63, 3.8) is 0 Å². The number of hydrogen-bond acceptors (Lipinski definition) is 4. The molecule has 1 aromatic heterocycles. The number of piperidine rings is 1. The Balaban J connectivity index is 2.35. The molecule has 0 radical (unpaired) electrons. The van der Waals surface area contributed by atoms with E-state index in [0.717, 1.165) is 12.8 Å². The molecule has 2 rings (SSSR count). The minimum absolute atomic E-state index is 0.0925. The number of imidazole rings is 1. The van der Waals surface area contributed by atoms with Gasteiger partial charge in [0, 0.05) is 19.8 Å². The monoisotopic (exact) mass is 258 g/mol. The quantitative estimate of drug-likeness (QED) is 0.821. The van der Waals surface area contributed by atoms with Crippen LogP contribution < -0.4 is 5.73 Å². The lowest BCUT2D eigenvalue weighted by Gasteiger charge is -2.31. The summed E-state index contributed by atoms with van der Waals surface area (Å²) in [5.74, 6) is 0.675. The fourth-order valence-electron chi connectivity index (χ4n) is 2.00. The Morgan fingerprint density at radius 3 is 2.71 bits per heavy atom. The molecule has 1 aliphatic rings. The van der Waals surface area contributed by atoms with Crippen molar-refractivity contribution in [3.8, 4) is 0 Å². The number of aromatic nitrogens is 2. The van der Waals surface area contributed by atoms with Gasteiger partial charge in [0.05, 0.1) is 6.17 Å². The molecule has 1 aromatic rings. The van der Waals surface area contributed by atoms with Crippen LogP contribution in [0.5, 0.6) is 0 Å². The molecule has 96 valence electrons. The number of sulfonamides is 1. The molecular formula is C10H18N4O2S. The summed E-state index contributed by atoms with van der Waals surface area (Å²) < 4.78 is 27.7. The summed E-state index contributed by atoms with van der Waals surface area (Å²) in [5, 5.41) is 0.0925. The molecule has 2 heterocycles. The molecule has 0 aliphatic carbocycles. The number of rotatable bonds is 2. The van der Waals surface area contributed by atoms with Gasteiger partial charge in [-0.2, -0.15) is 4.31 Å². The van der Waals surface area contributed by atoms with Gasteiger partial charge in [-0.1, -0.05) is 0 Å². The van der Waals surface area contributed by atoms with Gasteiger partial charge in [-0.05, 0) is 26.2 Å². The molecule has 0 bridgehead atoms. The van der Waals surface area contributed by atoms with Gasteiger partial charge in [0.15, 0.2) is 5.03 Å². The van der Waals surface area contributed by atoms with Crippen molar-refractivity contribution in [2.45, 2.75) is 37.4 Å². The predicted molar refractivity (Wildman–Crippen MR) is 63.7 cm³/mol. The molecule has 0 spiro atoms. The van der Waals surface area contributed by atoms with Gasteiger partial charge in [-0.3, -0.25) is 0 Å². The van der Waals surface area contributed by atoms with Crippen LogP contribution in [0.4, 0.5) is 0 Å². The third kappa shape index (κ3) is 2.22. The molecule has 0 amide bonds. The van der Waals surface area contributed by atoms with Gasteiger partial charge >= 0.3 is 0 Å². The minimum Gasteiger partial charge on any atom is -0.337 e. The second-order valence-electron chi connectivity index (χ2n) is 4.42. The van der Waals surface area contributed by atoms with E-state index in [9.17, 15) is 8.42 Å². The van der Waals surface area contributed by atoms with Crippen LogP contribution in [0.2, 0.25) is 0 Å². The molecule has 6 nitrogen and oxygen atoms in total. The normalized spacial score (nSPS) is 22.9. The predicted octanol–water partition coefficient (Wildman–Crippen LogP) is 0.188. The molecule has 0 aromatic carbocycles. The van der Waals surface area contributed by atoms with Crippen LogP contribution in [0.1, 0.15) is 25.1 Å². The highest BCUT2D eigenvalue weighted by Crippen LogP contribution is 2.22. The van der Waals surface area contributed by atoms with E-state index in [1.165, 1.54) is 10.5 Å². The SMILES string of the molecule is Cc1nc(S(=O)(=O)N2CCCCC2N)cn1C. The zero-order chi connectivity index (χ0) is 12.6. The lowest BCUT2D eigenvalue weighted by atomic mass is 10.1. The summed E-state index contributed by atoms with van der Waals surface area (Å²) >= 11 is 0. The topological polar surface area (TPSA) is 81.2 Å². The molecule has 1 fully saturated rings. The van der Waals surface area contributed by atoms with Crippen molar-refractivity contribution in [2.75, 3.05) is 6.54 Å². The zero-order valence-corrected chi connectivity index (χ0v) is 10.9. The average molecular weight is 258 g/mol. The Morgan fingerprint density at radius 2 is 2.18 bits per heavy atom. The van der Waals surface area contributed by atoms with Crippen LogP contribution in [-0.2, 0) is 17.1 Å². The lowest BCUT2D eigenvalue weighted by molar-refractivity contribution is 0.257. The highest BCUT2D eigenvalue weighted by Gasteiger charge is 2.33. The fourth-order valence-corrected chi connectivity index (χ4v) is 3.61. The molecule has 7 heteroatoms. The van der Waals surface area contributed by atoms with Gasteiger partial charge in [-0.25, -0.2) is 13.4 Å². The second-order valence-corrected chi connectivity index (χ2v) is 6.25. The Labute approximate surface area is 101 Å². The molecule has 1 saturated heterocycles. The maximum Gasteiger partial charge on any atom is 0.263 e. The molecule has 1 atom stereocenters. The number of hydrogen-bond donors (Lipinski definition) is 1. The van der Waals surface area contributed by atoms with Crippen LogP contribution in [0.15, 0.2) is 11.2 Å². The molecule has 17 heavy (non-hydrogen) atoms. The van der Waals surface area contributed by atoms with E-state index in [1.54, 1.807) is 18.5 Å². The van der Waals surface area contributed by atoms with E-state index < -0.39 is 16.2 Å². The first-order valence-corrected chi connectivity index (χ1v) is 7.14. The van der Waals surface area contributed by atoms with Crippen molar-refractivity contribution in [3.05, 3.63) is 12.0 Å². The van der Waals surface area contributed by atoms with E-state index in [1.807, 2.05) is 0 Å². The van der Waals surface area contributed by atoms with Crippen molar-refractivity contribution < 1.29 is 8.42 Å². The number of aryl methyl sites for hydroxylation is 2. The first-order chi connectivity index (χ1) is 7.93. The van der Waals surface area contributed by atoms with E-state index in [0.29, 0.717) is 18.8 Å². The van der Waals surface area contributed by atoms with Crippen molar-refractivity contribution in [1.29, 1.82) is 0 Å². The number of nitrogens with two attached hydrogens (primary N) is 1. The van der Waals surface area contributed by atoms with Gasteiger partial charge in [0.25, 0.3) is 10.0 Å². The molecule has 1 unspecified atom stereocenters. The summed E-state index contributed by atoms with van der Waals surface area (Å²) in [7, 11) is -1.76. The summed E-state index contributed by atoms with van der Waals surface area (Å²) in [5.41, 5.74) is 5.86. The molecule has 2 N–H and O–H groups in total. The van der Waals surface area contributed by atoms with Crippen LogP contribution in [0.25, 0.3) is 0 Å². The first-order valence-electron chi connectivity index (χ1n) is 5.70. The minimum atomic E-state index is -3.54. The highest BCUT2D eigenvalue weighted by atomic mass is 32.2. The Morgan fingerprint density at radius 1 is 1.47 bits per heavy atom. The third-order valence-electron chi connectivity index (χ3n) is 3.16. The Kier molecular flexibility index (Phi) is 3.24. The summed E-state index contributed by atoms with van der Waals surface area (Å²) in [4.78, 5) is 4.07. The highest BCUT2D eigenvalue weighted by molar-refractivity contribution is 7.89. The first kappa shape index (κ1) is 12.5. The molecule has 1 aliphatic heterocycles. The van der Waals surface area contributed by atoms with Crippen molar-refractivity contribution in [2.24, 2.45) is 12.8 Å². The maximum atomic E-state index is 12.3. The smallest absolute Gasteiger partial charge is 0.263 e. The second kappa shape index (κ2) is 4.40. The van der Waals surface area contributed by atoms with Gasteiger partial charge in [-0.15, -0.1) is 0 Å². The number of nitrogens with zero attached hydrogens (tertiary/aromatic N) is 3. The van der Waals surface area contributed by atoms with Crippen LogP contribution in [0, 0.1) is 6.92 Å². The fraction of sp³-hybridized carbons (Fsp3) is 0.700. The Bertz CT molecular complexity index is 489. The van der Waals surface area contributed by atoms with Gasteiger partial charge in [0.1, 0.15) is 5.82 Å². The van der Waals surface area contributed by atoms with E-state index in [2.05, 4.69) is 4.98 Å². The largest absolute Gasteiger partial charge is 0.337 e. The van der Waals surface area contributed by atoms with Gasteiger partial charge < -0.3 is 10.3 Å². The third-order valence-corrected chi connectivity index (χ3v) is 4.95. The van der Waals surface area contributed by atoms with Crippen molar-refractivity contribution >= 4 is 10.0 Å². The summed E-state index contributed by atoms with van der Waals surface area (Å²) in [6.45, 7) is 2.26. The lowest BCUT2D eigenvalue weighted by Crippen LogP contribution is -2.48. The van der Waals surface area contributed by atoms with Crippen LogP contribution in [0.3, 0.4) is 0 Å².